The number of likely N-dealkylation sites (N-methyl/N-ethyl adjacent to an activating group) is 1. The molecule has 0 spiro atoms. The summed E-state index contributed by atoms with van der Waals surface area (Å²) < 4.78 is 0. The number of hydrogen-bond acceptors (Lipinski definition) is 4. The van der Waals surface area contributed by atoms with Crippen LogP contribution in [0.25, 0.3) is 0 Å². The van der Waals surface area contributed by atoms with Crippen LogP contribution in [0.4, 0.5) is 17.1 Å². The first-order valence-electron chi connectivity index (χ1n) is 7.42. The Bertz CT molecular complexity index is 513. The van der Waals surface area contributed by atoms with Gasteiger partial charge in [0, 0.05) is 37.3 Å². The third-order valence-electron chi connectivity index (χ3n) is 3.81. The highest BCUT2D eigenvalue weighted by Crippen LogP contribution is 2.28. The lowest BCUT2D eigenvalue weighted by Crippen LogP contribution is -2.44. The molecular weight excluding hydrogens is 264 g/mol. The molecule has 0 atom stereocenters. The van der Waals surface area contributed by atoms with E-state index in [4.69, 9.17) is 5.73 Å². The number of nitrogens with zero attached hydrogens (tertiary/aromatic N) is 2. The molecule has 0 aliphatic carbocycles. The molecule has 1 fully saturated rings. The van der Waals surface area contributed by atoms with Crippen molar-refractivity contribution in [1.82, 2.24) is 4.90 Å². The quantitative estimate of drug-likeness (QED) is 0.818. The van der Waals surface area contributed by atoms with Crippen molar-refractivity contribution in [2.24, 2.45) is 5.41 Å². The molecular formula is C16H26N4O. The van der Waals surface area contributed by atoms with E-state index in [2.05, 4.69) is 22.2 Å². The molecule has 0 unspecified atom stereocenters. The Morgan fingerprint density at radius 2 is 1.81 bits per heavy atom. The van der Waals surface area contributed by atoms with Gasteiger partial charge in [-0.15, -0.1) is 0 Å². The third-order valence-corrected chi connectivity index (χ3v) is 3.81. The van der Waals surface area contributed by atoms with Crippen molar-refractivity contribution in [3.05, 3.63) is 18.2 Å². The summed E-state index contributed by atoms with van der Waals surface area (Å²) in [6.07, 6.45) is 0. The van der Waals surface area contributed by atoms with Crippen LogP contribution in [0.15, 0.2) is 18.2 Å². The second-order valence-corrected chi connectivity index (χ2v) is 6.77. The van der Waals surface area contributed by atoms with Crippen LogP contribution in [-0.2, 0) is 4.79 Å². The van der Waals surface area contributed by atoms with Crippen LogP contribution in [0.5, 0.6) is 0 Å². The summed E-state index contributed by atoms with van der Waals surface area (Å²) >= 11 is 0. The van der Waals surface area contributed by atoms with E-state index in [9.17, 15) is 4.79 Å². The Morgan fingerprint density at radius 3 is 2.33 bits per heavy atom. The first kappa shape index (κ1) is 15.6. The minimum atomic E-state index is -0.412. The van der Waals surface area contributed by atoms with Crippen molar-refractivity contribution in [2.75, 3.05) is 49.2 Å². The summed E-state index contributed by atoms with van der Waals surface area (Å²) in [5.74, 6) is -0.00533. The van der Waals surface area contributed by atoms with Crippen LogP contribution in [0, 0.1) is 5.41 Å². The lowest BCUT2D eigenvalue weighted by molar-refractivity contribution is -0.123. The number of piperazine rings is 1. The smallest absolute Gasteiger partial charge is 0.229 e. The van der Waals surface area contributed by atoms with E-state index in [0.717, 1.165) is 37.6 Å². The van der Waals surface area contributed by atoms with Gasteiger partial charge in [-0.2, -0.15) is 0 Å². The van der Waals surface area contributed by atoms with E-state index in [1.807, 2.05) is 39.0 Å². The van der Waals surface area contributed by atoms with Gasteiger partial charge in [0.1, 0.15) is 0 Å². The second-order valence-electron chi connectivity index (χ2n) is 6.77. The van der Waals surface area contributed by atoms with Gasteiger partial charge in [-0.25, -0.2) is 0 Å². The lowest BCUT2D eigenvalue weighted by atomic mass is 9.95. The Kier molecular flexibility index (Phi) is 4.42. The number of benzene rings is 1. The SMILES string of the molecule is CN1CCN(c2ccc(NC(=O)C(C)(C)C)cc2N)CC1. The number of carbonyl (C=O) groups is 1. The Hall–Kier alpha value is -1.75. The molecule has 2 rings (SSSR count). The van der Waals surface area contributed by atoms with E-state index in [1.165, 1.54) is 0 Å². The van der Waals surface area contributed by atoms with E-state index < -0.39 is 5.41 Å². The van der Waals surface area contributed by atoms with Gasteiger partial charge in [0.05, 0.1) is 11.4 Å². The third kappa shape index (κ3) is 3.88. The fourth-order valence-corrected chi connectivity index (χ4v) is 2.29. The Balaban J connectivity index is 2.09. The Morgan fingerprint density at radius 1 is 1.19 bits per heavy atom. The van der Waals surface area contributed by atoms with E-state index in [-0.39, 0.29) is 5.91 Å². The summed E-state index contributed by atoms with van der Waals surface area (Å²) in [7, 11) is 2.13. The molecule has 1 aliphatic heterocycles. The molecule has 21 heavy (non-hydrogen) atoms. The molecule has 1 aliphatic rings. The van der Waals surface area contributed by atoms with Gasteiger partial charge in [-0.1, -0.05) is 20.8 Å². The number of anilines is 3. The molecule has 5 heteroatoms. The average Bonchev–Trinajstić information content (AvgIpc) is 2.39. The minimum Gasteiger partial charge on any atom is -0.397 e. The lowest BCUT2D eigenvalue weighted by Gasteiger charge is -2.34. The number of rotatable bonds is 2. The number of amides is 1. The first-order chi connectivity index (χ1) is 9.77. The molecule has 3 N–H and O–H groups in total. The summed E-state index contributed by atoms with van der Waals surface area (Å²) in [5.41, 5.74) is 8.27. The number of hydrogen-bond donors (Lipinski definition) is 2. The largest absolute Gasteiger partial charge is 0.397 e. The van der Waals surface area contributed by atoms with E-state index in [1.54, 1.807) is 0 Å². The van der Waals surface area contributed by atoms with Gasteiger partial charge in [0.15, 0.2) is 0 Å². The van der Waals surface area contributed by atoms with Crippen LogP contribution in [0.2, 0.25) is 0 Å². The molecule has 1 aromatic carbocycles. The summed E-state index contributed by atoms with van der Waals surface area (Å²) in [6, 6.07) is 5.77. The van der Waals surface area contributed by atoms with Gasteiger partial charge >= 0.3 is 0 Å². The molecule has 1 heterocycles. The van der Waals surface area contributed by atoms with Crippen molar-refractivity contribution in [3.8, 4) is 0 Å². The number of nitrogens with one attached hydrogen (secondary N) is 1. The van der Waals surface area contributed by atoms with Crippen molar-refractivity contribution >= 4 is 23.0 Å². The zero-order valence-corrected chi connectivity index (χ0v) is 13.4. The highest BCUT2D eigenvalue weighted by atomic mass is 16.2. The maximum absolute atomic E-state index is 12.0. The molecule has 1 amide bonds. The molecule has 0 aromatic heterocycles. The fraction of sp³-hybridized carbons (Fsp3) is 0.562. The topological polar surface area (TPSA) is 61.6 Å². The predicted molar refractivity (Wildman–Crippen MR) is 88.6 cm³/mol. The molecule has 1 saturated heterocycles. The highest BCUT2D eigenvalue weighted by Gasteiger charge is 2.22. The molecule has 0 radical (unpaired) electrons. The van der Waals surface area contributed by atoms with E-state index >= 15 is 0 Å². The van der Waals surface area contributed by atoms with Crippen LogP contribution in [0.1, 0.15) is 20.8 Å². The number of nitrogens with two attached hydrogens (primary N) is 1. The molecule has 1 aromatic rings. The van der Waals surface area contributed by atoms with Crippen molar-refractivity contribution < 1.29 is 4.79 Å². The van der Waals surface area contributed by atoms with Gasteiger partial charge in [0.2, 0.25) is 5.91 Å². The van der Waals surface area contributed by atoms with Crippen LogP contribution >= 0.6 is 0 Å². The van der Waals surface area contributed by atoms with Crippen LogP contribution < -0.4 is 16.0 Å². The highest BCUT2D eigenvalue weighted by molar-refractivity contribution is 5.95. The van der Waals surface area contributed by atoms with Gasteiger partial charge in [-0.05, 0) is 25.2 Å². The zero-order chi connectivity index (χ0) is 15.6. The van der Waals surface area contributed by atoms with Crippen molar-refractivity contribution in [1.29, 1.82) is 0 Å². The summed E-state index contributed by atoms with van der Waals surface area (Å²) in [6.45, 7) is 9.73. The van der Waals surface area contributed by atoms with Gasteiger partial charge in [-0.3, -0.25) is 4.79 Å². The number of nitrogen functional groups attached to an aromatic ring is 1. The molecule has 0 bridgehead atoms. The monoisotopic (exact) mass is 290 g/mol. The van der Waals surface area contributed by atoms with Crippen molar-refractivity contribution in [3.63, 3.8) is 0 Å². The normalized spacial score (nSPS) is 16.9. The predicted octanol–water partition coefficient (Wildman–Crippen LogP) is 2.01. The minimum absolute atomic E-state index is 0.00533. The summed E-state index contributed by atoms with van der Waals surface area (Å²) in [5, 5.41) is 2.91. The molecule has 5 nitrogen and oxygen atoms in total. The van der Waals surface area contributed by atoms with E-state index in [0.29, 0.717) is 5.69 Å². The standard InChI is InChI=1S/C16H26N4O/c1-16(2,3)15(21)18-12-5-6-14(13(17)11-12)20-9-7-19(4)8-10-20/h5-6,11H,7-10,17H2,1-4H3,(H,18,21). The maximum atomic E-state index is 12.0. The zero-order valence-electron chi connectivity index (χ0n) is 13.4. The first-order valence-corrected chi connectivity index (χ1v) is 7.42. The summed E-state index contributed by atoms with van der Waals surface area (Å²) in [4.78, 5) is 16.6. The van der Waals surface area contributed by atoms with Crippen molar-refractivity contribution in [2.45, 2.75) is 20.8 Å². The van der Waals surface area contributed by atoms with Crippen LogP contribution in [-0.4, -0.2) is 44.0 Å². The van der Waals surface area contributed by atoms with Gasteiger partial charge in [0.25, 0.3) is 0 Å². The average molecular weight is 290 g/mol. The molecule has 116 valence electrons. The van der Waals surface area contributed by atoms with Gasteiger partial charge < -0.3 is 20.9 Å². The molecule has 0 saturated carbocycles. The second kappa shape index (κ2) is 5.93. The fourth-order valence-electron chi connectivity index (χ4n) is 2.29. The van der Waals surface area contributed by atoms with Crippen LogP contribution in [0.3, 0.4) is 0 Å². The number of carbonyl (C=O) groups excluding carboxylic acids is 1. The Labute approximate surface area is 127 Å². The maximum Gasteiger partial charge on any atom is 0.229 e.